The largest absolute Gasteiger partial charge is 0.469 e. The quantitative estimate of drug-likeness (QED) is 0.547. The van der Waals surface area contributed by atoms with Crippen molar-refractivity contribution in [1.82, 2.24) is 4.90 Å². The maximum atomic E-state index is 13.8. The smallest absolute Gasteiger partial charge is 0.314 e. The van der Waals surface area contributed by atoms with Crippen molar-refractivity contribution >= 4 is 5.97 Å². The van der Waals surface area contributed by atoms with Crippen LogP contribution in [0.3, 0.4) is 0 Å². The zero-order chi connectivity index (χ0) is 23.8. The van der Waals surface area contributed by atoms with E-state index >= 15 is 0 Å². The van der Waals surface area contributed by atoms with E-state index in [1.54, 1.807) is 0 Å². The summed E-state index contributed by atoms with van der Waals surface area (Å²) in [5.41, 5.74) is 2.47. The van der Waals surface area contributed by atoms with Crippen LogP contribution in [0.5, 0.6) is 0 Å². The van der Waals surface area contributed by atoms with Gasteiger partial charge in [0.05, 0.1) is 18.1 Å². The number of nitrogens with zero attached hydrogens (tertiary/aromatic N) is 1. The fourth-order valence-corrected chi connectivity index (χ4v) is 6.53. The van der Waals surface area contributed by atoms with Crippen LogP contribution >= 0.6 is 0 Å². The minimum absolute atomic E-state index is 0.0161. The second-order valence-corrected chi connectivity index (χ2v) is 10.0. The van der Waals surface area contributed by atoms with E-state index in [0.29, 0.717) is 19.5 Å². The maximum absolute atomic E-state index is 13.8. The molecule has 0 bridgehead atoms. The Morgan fingerprint density at radius 3 is 2.29 bits per heavy atom. The van der Waals surface area contributed by atoms with Crippen LogP contribution in [0.1, 0.15) is 41.0 Å². The molecule has 5 rings (SSSR count). The van der Waals surface area contributed by atoms with Crippen molar-refractivity contribution in [2.45, 2.75) is 37.8 Å². The first kappa shape index (κ1) is 22.8. The van der Waals surface area contributed by atoms with Crippen LogP contribution in [0.15, 0.2) is 84.9 Å². The standard InChI is InChI=1S/C30H33NO3/c1-22-13-15-25(16-14-22)30(33)18-17-26(24-11-7-4-8-12-24)29(28(32)34-2)21-31(20-27(29)30)19-23-9-5-3-6-10-23/h3-16,26-27,33H,17-21H2,1-2H3. The number of carbonyl (C=O) groups excluding carboxylic acids is 1. The van der Waals surface area contributed by atoms with Gasteiger partial charge in [0.25, 0.3) is 0 Å². The first-order valence-electron chi connectivity index (χ1n) is 12.2. The molecule has 4 atom stereocenters. The van der Waals surface area contributed by atoms with Crippen molar-refractivity contribution < 1.29 is 14.6 Å². The minimum Gasteiger partial charge on any atom is -0.469 e. The molecule has 34 heavy (non-hydrogen) atoms. The average Bonchev–Trinajstić information content (AvgIpc) is 3.26. The molecule has 1 aliphatic carbocycles. The third-order valence-electron chi connectivity index (χ3n) is 8.13. The summed E-state index contributed by atoms with van der Waals surface area (Å²) in [5, 5.41) is 12.3. The fraction of sp³-hybridized carbons (Fsp3) is 0.367. The van der Waals surface area contributed by atoms with E-state index in [1.165, 1.54) is 12.7 Å². The molecule has 0 amide bonds. The molecule has 1 saturated heterocycles. The summed E-state index contributed by atoms with van der Waals surface area (Å²) < 4.78 is 5.52. The minimum atomic E-state index is -1.10. The molecule has 4 nitrogen and oxygen atoms in total. The van der Waals surface area contributed by atoms with E-state index in [-0.39, 0.29) is 17.8 Å². The van der Waals surface area contributed by atoms with Crippen LogP contribution in [0.2, 0.25) is 0 Å². The Balaban J connectivity index is 1.62. The van der Waals surface area contributed by atoms with E-state index in [2.05, 4.69) is 36.1 Å². The highest BCUT2D eigenvalue weighted by Gasteiger charge is 2.66. The molecular formula is C30H33NO3. The molecular weight excluding hydrogens is 422 g/mol. The third kappa shape index (κ3) is 3.75. The number of aliphatic hydroxyl groups is 1. The summed E-state index contributed by atoms with van der Waals surface area (Å²) >= 11 is 0. The first-order chi connectivity index (χ1) is 16.5. The molecule has 176 valence electrons. The van der Waals surface area contributed by atoms with Gasteiger partial charge in [-0.1, -0.05) is 90.5 Å². The second-order valence-electron chi connectivity index (χ2n) is 10.0. The number of likely N-dealkylation sites (tertiary alicyclic amines) is 1. The number of hydrogen-bond donors (Lipinski definition) is 1. The number of fused-ring (bicyclic) bond motifs is 1. The van der Waals surface area contributed by atoms with Gasteiger partial charge in [-0.3, -0.25) is 9.69 Å². The van der Waals surface area contributed by atoms with Gasteiger partial charge in [0.1, 0.15) is 0 Å². The van der Waals surface area contributed by atoms with Gasteiger partial charge in [-0.25, -0.2) is 0 Å². The third-order valence-corrected chi connectivity index (χ3v) is 8.13. The lowest BCUT2D eigenvalue weighted by molar-refractivity contribution is -0.173. The number of ether oxygens (including phenoxy) is 1. The van der Waals surface area contributed by atoms with Crippen molar-refractivity contribution in [2.75, 3.05) is 20.2 Å². The van der Waals surface area contributed by atoms with Crippen molar-refractivity contribution in [2.24, 2.45) is 11.3 Å². The molecule has 2 fully saturated rings. The van der Waals surface area contributed by atoms with Crippen LogP contribution in [0.25, 0.3) is 0 Å². The van der Waals surface area contributed by atoms with E-state index in [9.17, 15) is 9.90 Å². The van der Waals surface area contributed by atoms with Gasteiger partial charge in [0, 0.05) is 31.5 Å². The van der Waals surface area contributed by atoms with E-state index in [4.69, 9.17) is 4.74 Å². The number of methoxy groups -OCH3 is 1. The van der Waals surface area contributed by atoms with Gasteiger partial charge >= 0.3 is 5.97 Å². The molecule has 1 aliphatic heterocycles. The first-order valence-corrected chi connectivity index (χ1v) is 12.2. The molecule has 0 spiro atoms. The van der Waals surface area contributed by atoms with Crippen molar-refractivity contribution in [3.05, 3.63) is 107 Å². The van der Waals surface area contributed by atoms with Gasteiger partial charge in [-0.05, 0) is 36.5 Å². The maximum Gasteiger partial charge on any atom is 0.314 e. The Bertz CT molecular complexity index is 1130. The zero-order valence-electron chi connectivity index (χ0n) is 20.0. The molecule has 2 aliphatic rings. The molecule has 1 N–H and O–H groups in total. The Morgan fingerprint density at radius 2 is 1.65 bits per heavy atom. The van der Waals surface area contributed by atoms with Gasteiger partial charge < -0.3 is 9.84 Å². The molecule has 3 aromatic rings. The summed E-state index contributed by atoms with van der Waals surface area (Å²) in [6.07, 6.45) is 1.33. The number of aryl methyl sites for hydroxylation is 1. The summed E-state index contributed by atoms with van der Waals surface area (Å²) in [5.74, 6) is -0.511. The predicted octanol–water partition coefficient (Wildman–Crippen LogP) is 5.05. The Hall–Kier alpha value is -2.95. The van der Waals surface area contributed by atoms with Gasteiger partial charge in [-0.15, -0.1) is 0 Å². The van der Waals surface area contributed by atoms with Crippen LogP contribution in [-0.4, -0.2) is 36.2 Å². The molecule has 4 heteroatoms. The summed E-state index contributed by atoms with van der Waals surface area (Å²) in [4.78, 5) is 16.1. The lowest BCUT2D eigenvalue weighted by Crippen LogP contribution is -2.56. The number of benzene rings is 3. The number of carbonyl (C=O) groups is 1. The molecule has 1 saturated carbocycles. The normalized spacial score (nSPS) is 28.9. The molecule has 0 aromatic heterocycles. The van der Waals surface area contributed by atoms with Crippen LogP contribution in [-0.2, 0) is 21.7 Å². The molecule has 1 heterocycles. The lowest BCUT2D eigenvalue weighted by atomic mass is 9.53. The lowest BCUT2D eigenvalue weighted by Gasteiger charge is -2.51. The van der Waals surface area contributed by atoms with Crippen LogP contribution in [0.4, 0.5) is 0 Å². The zero-order valence-corrected chi connectivity index (χ0v) is 20.0. The van der Waals surface area contributed by atoms with Crippen molar-refractivity contribution in [3.63, 3.8) is 0 Å². The molecule has 3 aromatic carbocycles. The summed E-state index contributed by atoms with van der Waals surface area (Å²) in [6, 6.07) is 28.8. The van der Waals surface area contributed by atoms with E-state index in [1.807, 2.05) is 60.7 Å². The Kier molecular flexibility index (Phi) is 6.05. The number of esters is 1. The highest BCUT2D eigenvalue weighted by atomic mass is 16.5. The second kappa shape index (κ2) is 9.01. The van der Waals surface area contributed by atoms with Crippen LogP contribution < -0.4 is 0 Å². The molecule has 0 radical (unpaired) electrons. The summed E-state index contributed by atoms with van der Waals surface area (Å²) in [6.45, 7) is 3.99. The number of rotatable bonds is 5. The Morgan fingerprint density at radius 1 is 1.00 bits per heavy atom. The van der Waals surface area contributed by atoms with Gasteiger partial charge in [0.2, 0.25) is 0 Å². The summed E-state index contributed by atoms with van der Waals surface area (Å²) in [7, 11) is 1.48. The highest BCUT2D eigenvalue weighted by Crippen LogP contribution is 2.61. The highest BCUT2D eigenvalue weighted by molar-refractivity contribution is 5.80. The SMILES string of the molecule is COC(=O)C12CN(Cc3ccccc3)CC1C(O)(c1ccc(C)cc1)CCC2c1ccccc1. The fourth-order valence-electron chi connectivity index (χ4n) is 6.53. The van der Waals surface area contributed by atoms with Crippen molar-refractivity contribution in [3.8, 4) is 0 Å². The van der Waals surface area contributed by atoms with Crippen molar-refractivity contribution in [1.29, 1.82) is 0 Å². The van der Waals surface area contributed by atoms with E-state index in [0.717, 1.165) is 29.7 Å². The molecule has 4 unspecified atom stereocenters. The van der Waals surface area contributed by atoms with Gasteiger partial charge in [0.15, 0.2) is 0 Å². The monoisotopic (exact) mass is 455 g/mol. The topological polar surface area (TPSA) is 49.8 Å². The predicted molar refractivity (Wildman–Crippen MR) is 133 cm³/mol. The van der Waals surface area contributed by atoms with E-state index < -0.39 is 11.0 Å². The van der Waals surface area contributed by atoms with Gasteiger partial charge in [-0.2, -0.15) is 0 Å². The average molecular weight is 456 g/mol. The van der Waals surface area contributed by atoms with Crippen LogP contribution in [0, 0.1) is 18.3 Å². The Labute approximate surface area is 202 Å². The number of hydrogen-bond acceptors (Lipinski definition) is 4.